The summed E-state index contributed by atoms with van der Waals surface area (Å²) in [5, 5.41) is 2.02. The zero-order valence-corrected chi connectivity index (χ0v) is 9.21. The summed E-state index contributed by atoms with van der Waals surface area (Å²) in [4.78, 5) is 1.07. The molecule has 0 unspecified atom stereocenters. The van der Waals surface area contributed by atoms with Gasteiger partial charge in [0, 0.05) is 5.56 Å². The van der Waals surface area contributed by atoms with E-state index in [9.17, 15) is 0 Å². The Bertz CT molecular complexity index is 561. The molecule has 16 heavy (non-hydrogen) atoms. The fourth-order valence-corrected chi connectivity index (χ4v) is 2.03. The highest BCUT2D eigenvalue weighted by Crippen LogP contribution is 2.32. The van der Waals surface area contributed by atoms with Crippen LogP contribution in [0.3, 0.4) is 0 Å². The van der Waals surface area contributed by atoms with E-state index in [1.807, 2.05) is 35.7 Å². The van der Waals surface area contributed by atoms with E-state index >= 15 is 0 Å². The van der Waals surface area contributed by atoms with Crippen molar-refractivity contribution in [2.45, 2.75) is 0 Å². The van der Waals surface area contributed by atoms with Gasteiger partial charge in [-0.3, -0.25) is 0 Å². The van der Waals surface area contributed by atoms with Crippen molar-refractivity contribution in [2.24, 2.45) is 0 Å². The summed E-state index contributed by atoms with van der Waals surface area (Å²) >= 11 is 1.64. The number of ether oxygens (including phenoxy) is 2. The van der Waals surface area contributed by atoms with Gasteiger partial charge in [0.1, 0.15) is 0 Å². The average molecular weight is 228 g/mol. The molecule has 0 bridgehead atoms. The van der Waals surface area contributed by atoms with E-state index in [4.69, 9.17) is 9.47 Å². The van der Waals surface area contributed by atoms with Gasteiger partial charge in [-0.2, -0.15) is 0 Å². The molecule has 0 amide bonds. The zero-order valence-electron chi connectivity index (χ0n) is 8.40. The molecule has 3 heteroatoms. The maximum atomic E-state index is 5.29. The van der Waals surface area contributed by atoms with E-state index in [0.717, 1.165) is 21.9 Å². The largest absolute Gasteiger partial charge is 0.454 e. The van der Waals surface area contributed by atoms with Crippen molar-refractivity contribution in [3.8, 4) is 23.3 Å². The SMILES string of the molecule is C(#Cc1cccs1)c1ccc2c(c1)OCO2. The van der Waals surface area contributed by atoms with E-state index in [1.54, 1.807) is 11.3 Å². The summed E-state index contributed by atoms with van der Waals surface area (Å²) in [5.41, 5.74) is 0.942. The molecule has 0 N–H and O–H groups in total. The smallest absolute Gasteiger partial charge is 0.231 e. The number of hydrogen-bond donors (Lipinski definition) is 0. The minimum absolute atomic E-state index is 0.303. The first-order valence-electron chi connectivity index (χ1n) is 4.87. The molecule has 1 aliphatic rings. The number of fused-ring (bicyclic) bond motifs is 1. The van der Waals surface area contributed by atoms with Crippen LogP contribution in [-0.2, 0) is 0 Å². The lowest BCUT2D eigenvalue weighted by Gasteiger charge is -1.94. The van der Waals surface area contributed by atoms with Gasteiger partial charge in [0.25, 0.3) is 0 Å². The van der Waals surface area contributed by atoms with Crippen LogP contribution < -0.4 is 9.47 Å². The van der Waals surface area contributed by atoms with Crippen LogP contribution in [0.2, 0.25) is 0 Å². The average Bonchev–Trinajstić information content (AvgIpc) is 2.97. The molecule has 2 heterocycles. The topological polar surface area (TPSA) is 18.5 Å². The lowest BCUT2D eigenvalue weighted by Crippen LogP contribution is -1.92. The molecular formula is C13H8O2S. The van der Waals surface area contributed by atoms with Crippen LogP contribution in [-0.4, -0.2) is 6.79 Å². The molecule has 1 aliphatic heterocycles. The molecule has 0 saturated heterocycles. The zero-order chi connectivity index (χ0) is 10.8. The minimum Gasteiger partial charge on any atom is -0.454 e. The maximum absolute atomic E-state index is 5.29. The van der Waals surface area contributed by atoms with Gasteiger partial charge < -0.3 is 9.47 Å². The first-order chi connectivity index (χ1) is 7.92. The third kappa shape index (κ3) is 1.75. The molecule has 0 atom stereocenters. The van der Waals surface area contributed by atoms with Crippen LogP contribution in [0.15, 0.2) is 35.7 Å². The molecule has 0 fully saturated rings. The fraction of sp³-hybridized carbons (Fsp3) is 0.0769. The lowest BCUT2D eigenvalue weighted by atomic mass is 10.2. The molecule has 0 aliphatic carbocycles. The summed E-state index contributed by atoms with van der Waals surface area (Å²) < 4.78 is 10.5. The third-order valence-corrected chi connectivity index (χ3v) is 3.01. The highest BCUT2D eigenvalue weighted by atomic mass is 32.1. The Hall–Kier alpha value is -1.92. The molecule has 78 valence electrons. The third-order valence-electron chi connectivity index (χ3n) is 2.22. The van der Waals surface area contributed by atoms with Gasteiger partial charge in [-0.15, -0.1) is 11.3 Å². The van der Waals surface area contributed by atoms with Crippen molar-refractivity contribution in [2.75, 3.05) is 6.79 Å². The molecule has 0 radical (unpaired) electrons. The number of benzene rings is 1. The highest BCUT2D eigenvalue weighted by molar-refractivity contribution is 7.10. The molecule has 2 nitrogen and oxygen atoms in total. The van der Waals surface area contributed by atoms with Crippen molar-refractivity contribution in [3.63, 3.8) is 0 Å². The molecular weight excluding hydrogens is 220 g/mol. The predicted octanol–water partition coefficient (Wildman–Crippen LogP) is 2.88. The van der Waals surface area contributed by atoms with Crippen LogP contribution in [0.5, 0.6) is 11.5 Å². The summed E-state index contributed by atoms with van der Waals surface area (Å²) in [6.07, 6.45) is 0. The second-order valence-electron chi connectivity index (χ2n) is 3.30. The van der Waals surface area contributed by atoms with Crippen molar-refractivity contribution >= 4 is 11.3 Å². The van der Waals surface area contributed by atoms with Crippen LogP contribution in [0.1, 0.15) is 10.4 Å². The van der Waals surface area contributed by atoms with E-state index in [2.05, 4.69) is 11.8 Å². The number of thiophene rings is 1. The Balaban J connectivity index is 1.91. The first kappa shape index (κ1) is 9.32. The first-order valence-corrected chi connectivity index (χ1v) is 5.75. The van der Waals surface area contributed by atoms with Gasteiger partial charge in [0.2, 0.25) is 6.79 Å². The number of hydrogen-bond acceptors (Lipinski definition) is 3. The molecule has 1 aromatic carbocycles. The maximum Gasteiger partial charge on any atom is 0.231 e. The van der Waals surface area contributed by atoms with Gasteiger partial charge in [-0.1, -0.05) is 17.9 Å². The second kappa shape index (κ2) is 3.92. The quantitative estimate of drug-likeness (QED) is 0.645. The fourth-order valence-electron chi connectivity index (χ4n) is 1.46. The Morgan fingerprint density at radius 1 is 1.06 bits per heavy atom. The van der Waals surface area contributed by atoms with Crippen LogP contribution >= 0.6 is 11.3 Å². The normalized spacial score (nSPS) is 12.0. The van der Waals surface area contributed by atoms with E-state index < -0.39 is 0 Å². The second-order valence-corrected chi connectivity index (χ2v) is 4.24. The Labute approximate surface area is 97.4 Å². The van der Waals surface area contributed by atoms with Gasteiger partial charge >= 0.3 is 0 Å². The summed E-state index contributed by atoms with van der Waals surface area (Å²) in [6.45, 7) is 0.303. The van der Waals surface area contributed by atoms with E-state index in [0.29, 0.717) is 6.79 Å². The molecule has 3 rings (SSSR count). The van der Waals surface area contributed by atoms with Crippen LogP contribution in [0.25, 0.3) is 0 Å². The van der Waals surface area contributed by atoms with Crippen molar-refractivity contribution < 1.29 is 9.47 Å². The van der Waals surface area contributed by atoms with Gasteiger partial charge in [0.15, 0.2) is 11.5 Å². The van der Waals surface area contributed by atoms with Crippen LogP contribution in [0.4, 0.5) is 0 Å². The molecule has 0 saturated carbocycles. The molecule has 2 aromatic rings. The van der Waals surface area contributed by atoms with Gasteiger partial charge in [-0.05, 0) is 29.6 Å². The van der Waals surface area contributed by atoms with Crippen molar-refractivity contribution in [1.29, 1.82) is 0 Å². The molecule has 0 spiro atoms. The summed E-state index contributed by atoms with van der Waals surface area (Å²) in [6, 6.07) is 9.73. The monoisotopic (exact) mass is 228 g/mol. The Morgan fingerprint density at radius 3 is 2.88 bits per heavy atom. The standard InChI is InChI=1S/C13H8O2S/c1-2-11(16-7-1)5-3-10-4-6-12-13(8-10)15-9-14-12/h1-2,4,6-8H,9H2. The summed E-state index contributed by atoms with van der Waals surface area (Å²) in [5.74, 6) is 7.78. The van der Waals surface area contributed by atoms with Crippen molar-refractivity contribution in [1.82, 2.24) is 0 Å². The Kier molecular flexibility index (Phi) is 2.28. The van der Waals surface area contributed by atoms with E-state index in [1.165, 1.54) is 0 Å². The lowest BCUT2D eigenvalue weighted by molar-refractivity contribution is 0.174. The number of rotatable bonds is 0. The van der Waals surface area contributed by atoms with Gasteiger partial charge in [0.05, 0.1) is 4.88 Å². The predicted molar refractivity (Wildman–Crippen MR) is 62.9 cm³/mol. The van der Waals surface area contributed by atoms with Crippen molar-refractivity contribution in [3.05, 3.63) is 46.2 Å². The molecule has 1 aromatic heterocycles. The summed E-state index contributed by atoms with van der Waals surface area (Å²) in [7, 11) is 0. The highest BCUT2D eigenvalue weighted by Gasteiger charge is 2.12. The van der Waals surface area contributed by atoms with Crippen LogP contribution in [0, 0.1) is 11.8 Å². The Morgan fingerprint density at radius 2 is 2.00 bits per heavy atom. The minimum atomic E-state index is 0.303. The van der Waals surface area contributed by atoms with E-state index in [-0.39, 0.29) is 0 Å². The van der Waals surface area contributed by atoms with Gasteiger partial charge in [-0.25, -0.2) is 0 Å².